The number of carbonyl (C=O) groups is 1. The SMILES string of the molecule is Cc1nc2ccccc2n1CC(=O)N/N=C/c1cc(Br)ccc1O. The summed E-state index contributed by atoms with van der Waals surface area (Å²) in [5.74, 6) is 0.583. The predicted octanol–water partition coefficient (Wildman–Crippen LogP) is 2.96. The number of carbonyl (C=O) groups excluding carboxylic acids is 1. The summed E-state index contributed by atoms with van der Waals surface area (Å²) in [6, 6.07) is 12.6. The normalized spacial score (nSPS) is 11.2. The Bertz CT molecular complexity index is 933. The van der Waals surface area contributed by atoms with Crippen LogP contribution < -0.4 is 5.43 Å². The van der Waals surface area contributed by atoms with Gasteiger partial charge in [0.1, 0.15) is 18.1 Å². The molecule has 0 saturated heterocycles. The molecule has 24 heavy (non-hydrogen) atoms. The van der Waals surface area contributed by atoms with Gasteiger partial charge in [0.05, 0.1) is 17.2 Å². The molecule has 122 valence electrons. The monoisotopic (exact) mass is 386 g/mol. The van der Waals surface area contributed by atoms with Gasteiger partial charge in [0.15, 0.2) is 0 Å². The topological polar surface area (TPSA) is 79.5 Å². The summed E-state index contributed by atoms with van der Waals surface area (Å²) >= 11 is 3.32. The number of para-hydroxylation sites is 2. The number of aromatic hydroxyl groups is 1. The highest BCUT2D eigenvalue weighted by Crippen LogP contribution is 2.20. The number of nitrogens with zero attached hydrogens (tertiary/aromatic N) is 3. The first kappa shape index (κ1) is 16.2. The van der Waals surface area contributed by atoms with Gasteiger partial charge in [-0.25, -0.2) is 10.4 Å². The van der Waals surface area contributed by atoms with Crippen molar-refractivity contribution in [2.24, 2.45) is 5.10 Å². The Morgan fingerprint density at radius 1 is 1.38 bits per heavy atom. The van der Waals surface area contributed by atoms with E-state index < -0.39 is 0 Å². The molecule has 3 rings (SSSR count). The third-order valence-electron chi connectivity index (χ3n) is 3.53. The maximum absolute atomic E-state index is 12.1. The van der Waals surface area contributed by atoms with Gasteiger partial charge in [0.25, 0.3) is 5.91 Å². The molecule has 0 bridgehead atoms. The number of fused-ring (bicyclic) bond motifs is 1. The highest BCUT2D eigenvalue weighted by Gasteiger charge is 2.10. The molecule has 3 aromatic rings. The van der Waals surface area contributed by atoms with Crippen LogP contribution in [0.25, 0.3) is 11.0 Å². The van der Waals surface area contributed by atoms with E-state index in [0.29, 0.717) is 5.56 Å². The number of hydrazone groups is 1. The minimum Gasteiger partial charge on any atom is -0.507 e. The lowest BCUT2D eigenvalue weighted by Gasteiger charge is -2.05. The smallest absolute Gasteiger partial charge is 0.260 e. The zero-order chi connectivity index (χ0) is 17.1. The van der Waals surface area contributed by atoms with Crippen LogP contribution in [0.3, 0.4) is 0 Å². The van der Waals surface area contributed by atoms with Crippen molar-refractivity contribution in [2.45, 2.75) is 13.5 Å². The number of aromatic nitrogens is 2. The highest BCUT2D eigenvalue weighted by atomic mass is 79.9. The van der Waals surface area contributed by atoms with E-state index in [0.717, 1.165) is 21.3 Å². The summed E-state index contributed by atoms with van der Waals surface area (Å²) in [7, 11) is 0. The van der Waals surface area contributed by atoms with Crippen LogP contribution in [0, 0.1) is 6.92 Å². The minimum atomic E-state index is -0.271. The number of halogens is 1. The zero-order valence-corrected chi connectivity index (χ0v) is 14.5. The number of aryl methyl sites for hydroxylation is 1. The molecule has 1 aromatic heterocycles. The first-order valence-electron chi connectivity index (χ1n) is 7.27. The van der Waals surface area contributed by atoms with Gasteiger partial charge in [-0.15, -0.1) is 0 Å². The van der Waals surface area contributed by atoms with Crippen LogP contribution >= 0.6 is 15.9 Å². The molecular formula is C17H15BrN4O2. The van der Waals surface area contributed by atoms with Crippen LogP contribution in [0.2, 0.25) is 0 Å². The van der Waals surface area contributed by atoms with E-state index >= 15 is 0 Å². The quantitative estimate of drug-likeness (QED) is 0.534. The summed E-state index contributed by atoms with van der Waals surface area (Å²) in [5.41, 5.74) is 4.73. The van der Waals surface area contributed by atoms with Crippen molar-refractivity contribution in [3.8, 4) is 5.75 Å². The third-order valence-corrected chi connectivity index (χ3v) is 4.02. The van der Waals surface area contributed by atoms with Gasteiger partial charge in [-0.1, -0.05) is 28.1 Å². The fourth-order valence-corrected chi connectivity index (χ4v) is 2.76. The van der Waals surface area contributed by atoms with Gasteiger partial charge in [-0.05, 0) is 37.3 Å². The van der Waals surface area contributed by atoms with Crippen LogP contribution in [0.1, 0.15) is 11.4 Å². The first-order valence-corrected chi connectivity index (χ1v) is 8.06. The van der Waals surface area contributed by atoms with Crippen molar-refractivity contribution in [1.29, 1.82) is 0 Å². The van der Waals surface area contributed by atoms with Crippen molar-refractivity contribution < 1.29 is 9.90 Å². The Morgan fingerprint density at radius 2 is 2.17 bits per heavy atom. The molecule has 0 atom stereocenters. The summed E-state index contributed by atoms with van der Waals surface area (Å²) in [5, 5.41) is 13.6. The number of imidazole rings is 1. The predicted molar refractivity (Wildman–Crippen MR) is 96.0 cm³/mol. The number of phenolic OH excluding ortho intramolecular Hbond substituents is 1. The molecule has 0 aliphatic heterocycles. The van der Waals surface area contributed by atoms with Gasteiger partial charge >= 0.3 is 0 Å². The molecule has 1 amide bonds. The van der Waals surface area contributed by atoms with Crippen molar-refractivity contribution in [2.75, 3.05) is 0 Å². The fourth-order valence-electron chi connectivity index (χ4n) is 2.38. The zero-order valence-electron chi connectivity index (χ0n) is 12.9. The van der Waals surface area contributed by atoms with Crippen molar-refractivity contribution in [3.63, 3.8) is 0 Å². The number of amides is 1. The van der Waals surface area contributed by atoms with Crippen molar-refractivity contribution >= 4 is 39.1 Å². The molecule has 0 unspecified atom stereocenters. The minimum absolute atomic E-state index is 0.0904. The lowest BCUT2D eigenvalue weighted by molar-refractivity contribution is -0.121. The van der Waals surface area contributed by atoms with Crippen LogP contribution in [0.5, 0.6) is 5.75 Å². The van der Waals surface area contributed by atoms with E-state index in [9.17, 15) is 9.90 Å². The lowest BCUT2D eigenvalue weighted by atomic mass is 10.2. The van der Waals surface area contributed by atoms with Gasteiger partial charge < -0.3 is 9.67 Å². The Hall–Kier alpha value is -2.67. The molecule has 0 aliphatic carbocycles. The molecule has 0 radical (unpaired) electrons. The van der Waals surface area contributed by atoms with Gasteiger partial charge in [0, 0.05) is 10.0 Å². The van der Waals surface area contributed by atoms with Crippen LogP contribution in [-0.4, -0.2) is 26.8 Å². The summed E-state index contributed by atoms with van der Waals surface area (Å²) in [4.78, 5) is 16.5. The lowest BCUT2D eigenvalue weighted by Crippen LogP contribution is -2.23. The van der Waals surface area contributed by atoms with E-state index in [1.165, 1.54) is 6.21 Å². The average molecular weight is 387 g/mol. The number of benzene rings is 2. The van der Waals surface area contributed by atoms with Gasteiger partial charge in [-0.2, -0.15) is 5.10 Å². The maximum atomic E-state index is 12.1. The van der Waals surface area contributed by atoms with E-state index in [1.54, 1.807) is 18.2 Å². The van der Waals surface area contributed by atoms with E-state index in [2.05, 4.69) is 31.4 Å². The van der Waals surface area contributed by atoms with Gasteiger partial charge in [-0.3, -0.25) is 4.79 Å². The number of hydrogen-bond donors (Lipinski definition) is 2. The molecular weight excluding hydrogens is 372 g/mol. The molecule has 0 spiro atoms. The van der Waals surface area contributed by atoms with E-state index in [1.807, 2.05) is 35.8 Å². The summed E-state index contributed by atoms with van der Waals surface area (Å²) in [6.45, 7) is 1.98. The molecule has 0 saturated carbocycles. The maximum Gasteiger partial charge on any atom is 0.260 e. The second-order valence-corrected chi connectivity index (χ2v) is 6.15. The standard InChI is InChI=1S/C17H15BrN4O2/c1-11-20-14-4-2-3-5-15(14)22(11)10-17(24)21-19-9-12-8-13(18)6-7-16(12)23/h2-9,23H,10H2,1H3,(H,21,24)/b19-9+. The molecule has 6 nitrogen and oxygen atoms in total. The number of hydrogen-bond acceptors (Lipinski definition) is 4. The van der Waals surface area contributed by atoms with Crippen LogP contribution in [0.4, 0.5) is 0 Å². The Kier molecular flexibility index (Phi) is 4.61. The highest BCUT2D eigenvalue weighted by molar-refractivity contribution is 9.10. The van der Waals surface area contributed by atoms with Crippen LogP contribution in [-0.2, 0) is 11.3 Å². The summed E-state index contributed by atoms with van der Waals surface area (Å²) < 4.78 is 2.64. The van der Waals surface area contributed by atoms with Crippen molar-refractivity contribution in [3.05, 3.63) is 58.3 Å². The number of phenols is 1. The summed E-state index contributed by atoms with van der Waals surface area (Å²) in [6.07, 6.45) is 1.40. The second-order valence-electron chi connectivity index (χ2n) is 5.23. The fraction of sp³-hybridized carbons (Fsp3) is 0.118. The van der Waals surface area contributed by atoms with E-state index in [-0.39, 0.29) is 18.2 Å². The first-order chi connectivity index (χ1) is 11.5. The molecule has 2 aromatic carbocycles. The van der Waals surface area contributed by atoms with E-state index in [4.69, 9.17) is 0 Å². The molecule has 2 N–H and O–H groups in total. The van der Waals surface area contributed by atoms with Crippen molar-refractivity contribution in [1.82, 2.24) is 15.0 Å². The Balaban J connectivity index is 1.70. The second kappa shape index (κ2) is 6.84. The van der Waals surface area contributed by atoms with Gasteiger partial charge in [0.2, 0.25) is 0 Å². The molecule has 0 aliphatic rings. The average Bonchev–Trinajstić information content (AvgIpc) is 2.87. The van der Waals surface area contributed by atoms with Crippen LogP contribution in [0.15, 0.2) is 52.0 Å². The number of nitrogens with one attached hydrogen (secondary N) is 1. The molecule has 1 heterocycles. The molecule has 7 heteroatoms. The Morgan fingerprint density at radius 3 is 3.00 bits per heavy atom. The largest absolute Gasteiger partial charge is 0.507 e. The molecule has 0 fully saturated rings. The number of rotatable bonds is 4. The third kappa shape index (κ3) is 3.46. The Labute approximate surface area is 147 Å².